The second-order valence-electron chi connectivity index (χ2n) is 3.66. The zero-order chi connectivity index (χ0) is 11.5. The van der Waals surface area contributed by atoms with E-state index in [0.717, 1.165) is 17.3 Å². The Hall–Kier alpha value is -1.23. The Labute approximate surface area is 102 Å². The van der Waals surface area contributed by atoms with Crippen LogP contribution in [0.4, 0.5) is 5.82 Å². The SMILES string of the molecule is O=C1CCCCC(=O)N1c1ccc(Br)cn1. The summed E-state index contributed by atoms with van der Waals surface area (Å²) in [5, 5.41) is 0. The van der Waals surface area contributed by atoms with Gasteiger partial charge in [0.05, 0.1) is 0 Å². The minimum absolute atomic E-state index is 0.155. The summed E-state index contributed by atoms with van der Waals surface area (Å²) in [7, 11) is 0. The van der Waals surface area contributed by atoms with E-state index in [-0.39, 0.29) is 11.8 Å². The molecule has 1 aromatic heterocycles. The molecular weight excluding hydrogens is 272 g/mol. The fourth-order valence-corrected chi connectivity index (χ4v) is 1.91. The van der Waals surface area contributed by atoms with Crippen molar-refractivity contribution in [3.8, 4) is 0 Å². The normalized spacial score (nSPS) is 17.4. The van der Waals surface area contributed by atoms with Gasteiger partial charge in [0.1, 0.15) is 5.82 Å². The van der Waals surface area contributed by atoms with E-state index in [9.17, 15) is 9.59 Å². The lowest BCUT2D eigenvalue weighted by Crippen LogP contribution is -2.35. The quantitative estimate of drug-likeness (QED) is 0.743. The predicted molar refractivity (Wildman–Crippen MR) is 62.9 cm³/mol. The smallest absolute Gasteiger partial charge is 0.234 e. The Bertz CT molecular complexity index is 398. The van der Waals surface area contributed by atoms with E-state index >= 15 is 0 Å². The van der Waals surface area contributed by atoms with Gasteiger partial charge in [0.15, 0.2) is 0 Å². The number of aromatic nitrogens is 1. The molecule has 16 heavy (non-hydrogen) atoms. The van der Waals surface area contributed by atoms with Crippen LogP contribution in [0.5, 0.6) is 0 Å². The maximum Gasteiger partial charge on any atom is 0.234 e. The molecule has 0 aliphatic carbocycles. The average molecular weight is 283 g/mol. The summed E-state index contributed by atoms with van der Waals surface area (Å²) >= 11 is 3.26. The molecule has 0 radical (unpaired) electrons. The van der Waals surface area contributed by atoms with Crippen molar-refractivity contribution in [2.45, 2.75) is 25.7 Å². The van der Waals surface area contributed by atoms with Crippen molar-refractivity contribution >= 4 is 33.6 Å². The Morgan fingerprint density at radius 3 is 2.25 bits per heavy atom. The largest absolute Gasteiger partial charge is 0.274 e. The summed E-state index contributed by atoms with van der Waals surface area (Å²) in [6.07, 6.45) is 3.98. The first-order valence-electron chi connectivity index (χ1n) is 5.16. The van der Waals surface area contributed by atoms with E-state index in [1.807, 2.05) is 0 Å². The summed E-state index contributed by atoms with van der Waals surface area (Å²) in [5.41, 5.74) is 0. The van der Waals surface area contributed by atoms with Gasteiger partial charge in [-0.3, -0.25) is 9.59 Å². The van der Waals surface area contributed by atoms with Crippen LogP contribution in [0.25, 0.3) is 0 Å². The molecule has 0 bridgehead atoms. The predicted octanol–water partition coefficient (Wildman–Crippen LogP) is 2.28. The molecule has 5 heteroatoms. The fourth-order valence-electron chi connectivity index (χ4n) is 1.67. The first-order chi connectivity index (χ1) is 7.68. The van der Waals surface area contributed by atoms with Crippen LogP contribution in [0.1, 0.15) is 25.7 Å². The van der Waals surface area contributed by atoms with Crippen molar-refractivity contribution in [2.24, 2.45) is 0 Å². The lowest BCUT2D eigenvalue weighted by molar-refractivity contribution is -0.125. The summed E-state index contributed by atoms with van der Waals surface area (Å²) in [6.45, 7) is 0. The molecule has 1 fully saturated rings. The molecule has 0 saturated carbocycles. The van der Waals surface area contributed by atoms with Gasteiger partial charge >= 0.3 is 0 Å². The molecule has 2 amide bonds. The van der Waals surface area contributed by atoms with Gasteiger partial charge in [-0.15, -0.1) is 0 Å². The van der Waals surface area contributed by atoms with E-state index in [1.54, 1.807) is 18.3 Å². The van der Waals surface area contributed by atoms with Gasteiger partial charge in [0, 0.05) is 23.5 Å². The summed E-state index contributed by atoms with van der Waals surface area (Å²) in [6, 6.07) is 3.44. The zero-order valence-corrected chi connectivity index (χ0v) is 10.2. The van der Waals surface area contributed by atoms with Gasteiger partial charge in [0.25, 0.3) is 0 Å². The van der Waals surface area contributed by atoms with Crippen LogP contribution in [-0.2, 0) is 9.59 Å². The van der Waals surface area contributed by atoms with Crippen LogP contribution in [0, 0.1) is 0 Å². The van der Waals surface area contributed by atoms with Crippen molar-refractivity contribution in [3.63, 3.8) is 0 Å². The van der Waals surface area contributed by atoms with Crippen molar-refractivity contribution in [1.29, 1.82) is 0 Å². The summed E-state index contributed by atoms with van der Waals surface area (Å²) in [5.74, 6) is 0.106. The Morgan fingerprint density at radius 2 is 1.75 bits per heavy atom. The molecular formula is C11H11BrN2O2. The van der Waals surface area contributed by atoms with Gasteiger partial charge < -0.3 is 0 Å². The highest BCUT2D eigenvalue weighted by Crippen LogP contribution is 2.20. The van der Waals surface area contributed by atoms with Crippen molar-refractivity contribution < 1.29 is 9.59 Å². The molecule has 1 aromatic rings. The summed E-state index contributed by atoms with van der Waals surface area (Å²) in [4.78, 5) is 28.8. The number of imide groups is 1. The molecule has 0 spiro atoms. The molecule has 84 valence electrons. The molecule has 4 nitrogen and oxygen atoms in total. The Morgan fingerprint density at radius 1 is 1.12 bits per heavy atom. The zero-order valence-electron chi connectivity index (χ0n) is 8.65. The van der Waals surface area contributed by atoms with Crippen LogP contribution < -0.4 is 4.90 Å². The Kier molecular flexibility index (Phi) is 3.33. The number of hydrogen-bond donors (Lipinski definition) is 0. The summed E-state index contributed by atoms with van der Waals surface area (Å²) < 4.78 is 0.825. The van der Waals surface area contributed by atoms with Gasteiger partial charge in [0.2, 0.25) is 11.8 Å². The third kappa shape index (κ3) is 2.29. The van der Waals surface area contributed by atoms with Gasteiger partial charge in [-0.05, 0) is 40.9 Å². The molecule has 1 aliphatic rings. The first kappa shape index (κ1) is 11.3. The molecule has 2 rings (SSSR count). The Balaban J connectivity index is 2.32. The van der Waals surface area contributed by atoms with E-state index < -0.39 is 0 Å². The topological polar surface area (TPSA) is 50.3 Å². The monoisotopic (exact) mass is 282 g/mol. The number of amides is 2. The number of carbonyl (C=O) groups excluding carboxylic acids is 2. The van der Waals surface area contributed by atoms with Gasteiger partial charge in [-0.2, -0.15) is 0 Å². The number of rotatable bonds is 1. The van der Waals surface area contributed by atoms with Gasteiger partial charge in [-0.25, -0.2) is 9.88 Å². The molecule has 0 atom stereocenters. The number of hydrogen-bond acceptors (Lipinski definition) is 3. The number of anilines is 1. The number of pyridine rings is 1. The lowest BCUT2D eigenvalue weighted by atomic mass is 10.2. The van der Waals surface area contributed by atoms with E-state index in [2.05, 4.69) is 20.9 Å². The minimum Gasteiger partial charge on any atom is -0.274 e. The number of halogens is 1. The lowest BCUT2D eigenvalue weighted by Gasteiger charge is -2.17. The van der Waals surface area contributed by atoms with Crippen LogP contribution in [0.15, 0.2) is 22.8 Å². The minimum atomic E-state index is -0.155. The van der Waals surface area contributed by atoms with Crippen LogP contribution >= 0.6 is 15.9 Å². The fraction of sp³-hybridized carbons (Fsp3) is 0.364. The van der Waals surface area contributed by atoms with Crippen molar-refractivity contribution in [3.05, 3.63) is 22.8 Å². The van der Waals surface area contributed by atoms with Crippen molar-refractivity contribution in [2.75, 3.05) is 4.90 Å². The molecule has 0 unspecified atom stereocenters. The van der Waals surface area contributed by atoms with Crippen LogP contribution in [0.2, 0.25) is 0 Å². The van der Waals surface area contributed by atoms with Gasteiger partial charge in [-0.1, -0.05) is 0 Å². The molecule has 1 saturated heterocycles. The third-order valence-corrected chi connectivity index (χ3v) is 2.94. The standard InChI is InChI=1S/C11H11BrN2O2/c12-8-5-6-9(13-7-8)14-10(15)3-1-2-4-11(14)16/h5-7H,1-4H2. The van der Waals surface area contributed by atoms with E-state index in [4.69, 9.17) is 0 Å². The maximum atomic E-state index is 11.8. The number of carbonyl (C=O) groups is 2. The van der Waals surface area contributed by atoms with E-state index in [0.29, 0.717) is 18.7 Å². The third-order valence-electron chi connectivity index (χ3n) is 2.47. The van der Waals surface area contributed by atoms with E-state index in [1.165, 1.54) is 4.90 Å². The number of nitrogens with zero attached hydrogens (tertiary/aromatic N) is 2. The highest BCUT2D eigenvalue weighted by atomic mass is 79.9. The maximum absolute atomic E-state index is 11.8. The van der Waals surface area contributed by atoms with Crippen LogP contribution in [-0.4, -0.2) is 16.8 Å². The molecule has 2 heterocycles. The first-order valence-corrected chi connectivity index (χ1v) is 5.95. The molecule has 0 N–H and O–H groups in total. The second-order valence-corrected chi connectivity index (χ2v) is 4.58. The average Bonchev–Trinajstić information content (AvgIpc) is 2.42. The highest BCUT2D eigenvalue weighted by Gasteiger charge is 2.26. The van der Waals surface area contributed by atoms with Crippen LogP contribution in [0.3, 0.4) is 0 Å². The molecule has 0 aromatic carbocycles. The molecule has 1 aliphatic heterocycles. The second kappa shape index (κ2) is 4.74. The van der Waals surface area contributed by atoms with Crippen molar-refractivity contribution in [1.82, 2.24) is 4.98 Å². The highest BCUT2D eigenvalue weighted by molar-refractivity contribution is 9.10.